The molecule has 3 nitrogen and oxygen atoms in total. The van der Waals surface area contributed by atoms with E-state index in [0.717, 1.165) is 39.5 Å². The van der Waals surface area contributed by atoms with E-state index in [2.05, 4.69) is 76.7 Å². The zero-order valence-electron chi connectivity index (χ0n) is 18.2. The third-order valence-corrected chi connectivity index (χ3v) is 6.26. The van der Waals surface area contributed by atoms with Crippen LogP contribution in [0, 0.1) is 0 Å². The van der Waals surface area contributed by atoms with Gasteiger partial charge in [-0.1, -0.05) is 66.2 Å². The Labute approximate surface area is 202 Å². The Morgan fingerprint density at radius 2 is 1.26 bits per heavy atom. The van der Waals surface area contributed by atoms with E-state index >= 15 is 0 Å². The second-order valence-electron chi connectivity index (χ2n) is 8.19. The summed E-state index contributed by atoms with van der Waals surface area (Å²) in [4.78, 5) is 12.7. The number of pyridine rings is 1. The largest absolute Gasteiger partial charge is 0.337 e. The molecular formula is C30H20ClN3. The molecule has 0 atom stereocenters. The van der Waals surface area contributed by atoms with Crippen molar-refractivity contribution in [2.24, 2.45) is 0 Å². The third-order valence-electron chi connectivity index (χ3n) is 6.01. The van der Waals surface area contributed by atoms with Crippen molar-refractivity contribution in [3.63, 3.8) is 0 Å². The first-order valence-corrected chi connectivity index (χ1v) is 11.5. The lowest BCUT2D eigenvalue weighted by Crippen LogP contribution is -1.86. The van der Waals surface area contributed by atoms with Gasteiger partial charge in [-0.15, -0.1) is 0 Å². The Morgan fingerprint density at radius 3 is 2.09 bits per heavy atom. The molecule has 0 saturated heterocycles. The van der Waals surface area contributed by atoms with Gasteiger partial charge < -0.3 is 4.98 Å². The minimum Gasteiger partial charge on any atom is -0.337 e. The molecule has 0 saturated carbocycles. The van der Waals surface area contributed by atoms with Crippen molar-refractivity contribution in [2.45, 2.75) is 0 Å². The summed E-state index contributed by atoms with van der Waals surface area (Å²) in [5, 5.41) is 3.17. The van der Waals surface area contributed by atoms with Crippen LogP contribution < -0.4 is 0 Å². The van der Waals surface area contributed by atoms with Crippen LogP contribution in [0.1, 0.15) is 0 Å². The van der Waals surface area contributed by atoms with Crippen LogP contribution in [0.25, 0.3) is 55.8 Å². The number of H-pyrrole nitrogens is 1. The topological polar surface area (TPSA) is 41.6 Å². The number of nitrogens with one attached hydrogen (secondary N) is 1. The number of hydrogen-bond acceptors (Lipinski definition) is 2. The van der Waals surface area contributed by atoms with Crippen LogP contribution in [0.5, 0.6) is 0 Å². The molecule has 4 heteroatoms. The second kappa shape index (κ2) is 8.62. The van der Waals surface area contributed by atoms with E-state index in [4.69, 9.17) is 16.6 Å². The van der Waals surface area contributed by atoms with Gasteiger partial charge in [0, 0.05) is 34.1 Å². The lowest BCUT2D eigenvalue weighted by molar-refractivity contribution is 1.30. The maximum Gasteiger partial charge on any atom is 0.138 e. The molecule has 2 aromatic heterocycles. The number of halogens is 1. The predicted molar refractivity (Wildman–Crippen MR) is 141 cm³/mol. The highest BCUT2D eigenvalue weighted by Gasteiger charge is 2.16. The van der Waals surface area contributed by atoms with Gasteiger partial charge >= 0.3 is 0 Å². The highest BCUT2D eigenvalue weighted by Crippen LogP contribution is 2.35. The zero-order chi connectivity index (χ0) is 22.9. The first-order chi connectivity index (χ1) is 16.7. The summed E-state index contributed by atoms with van der Waals surface area (Å²) in [6, 6.07) is 35.3. The molecular weight excluding hydrogens is 438 g/mol. The fraction of sp³-hybridized carbons (Fsp3) is 0. The molecule has 0 bridgehead atoms. The van der Waals surface area contributed by atoms with Gasteiger partial charge in [-0.25, -0.2) is 4.98 Å². The number of imidazole rings is 1. The average molecular weight is 458 g/mol. The summed E-state index contributed by atoms with van der Waals surface area (Å²) in [6.07, 6.45) is 3.60. The van der Waals surface area contributed by atoms with Gasteiger partial charge in [-0.3, -0.25) is 4.98 Å². The number of aromatic nitrogens is 3. The van der Waals surface area contributed by atoms with Crippen LogP contribution in [0.15, 0.2) is 116 Å². The van der Waals surface area contributed by atoms with Crippen molar-refractivity contribution in [1.29, 1.82) is 0 Å². The van der Waals surface area contributed by atoms with Crippen molar-refractivity contribution in [3.05, 3.63) is 121 Å². The molecule has 1 N–H and O–H groups in total. The Kier molecular flexibility index (Phi) is 5.17. The fourth-order valence-electron chi connectivity index (χ4n) is 4.27. The molecule has 0 amide bonds. The summed E-state index contributed by atoms with van der Waals surface area (Å²) in [7, 11) is 0. The number of benzene rings is 4. The summed E-state index contributed by atoms with van der Waals surface area (Å²) < 4.78 is 0. The zero-order valence-corrected chi connectivity index (χ0v) is 19.0. The lowest BCUT2D eigenvalue weighted by Gasteiger charge is -2.08. The molecule has 2 heterocycles. The van der Waals surface area contributed by atoms with Gasteiger partial charge in [-0.2, -0.15) is 0 Å². The number of hydrogen-bond donors (Lipinski definition) is 1. The average Bonchev–Trinajstić information content (AvgIpc) is 3.35. The van der Waals surface area contributed by atoms with Crippen LogP contribution in [0.3, 0.4) is 0 Å². The van der Waals surface area contributed by atoms with Crippen molar-refractivity contribution in [2.75, 3.05) is 0 Å². The molecule has 6 aromatic rings. The number of rotatable bonds is 4. The Hall–Kier alpha value is -4.21. The maximum absolute atomic E-state index is 6.10. The van der Waals surface area contributed by atoms with Crippen molar-refractivity contribution in [1.82, 2.24) is 15.0 Å². The summed E-state index contributed by atoms with van der Waals surface area (Å²) in [6.45, 7) is 0. The van der Waals surface area contributed by atoms with Crippen molar-refractivity contribution >= 4 is 22.4 Å². The number of fused-ring (bicyclic) bond motifs is 1. The van der Waals surface area contributed by atoms with Gasteiger partial charge in [0.2, 0.25) is 0 Å². The molecule has 6 rings (SSSR count). The molecule has 0 radical (unpaired) electrons. The van der Waals surface area contributed by atoms with Gasteiger partial charge in [0.15, 0.2) is 0 Å². The quantitative estimate of drug-likeness (QED) is 0.289. The first kappa shape index (κ1) is 20.4. The van der Waals surface area contributed by atoms with Crippen LogP contribution in [0.4, 0.5) is 0 Å². The van der Waals surface area contributed by atoms with E-state index in [9.17, 15) is 0 Å². The minimum atomic E-state index is 0.702. The molecule has 0 spiro atoms. The molecule has 4 aromatic carbocycles. The fourth-order valence-corrected chi connectivity index (χ4v) is 4.40. The molecule has 162 valence electrons. The van der Waals surface area contributed by atoms with Gasteiger partial charge in [0.25, 0.3) is 0 Å². The van der Waals surface area contributed by atoms with Gasteiger partial charge in [0.05, 0.1) is 11.4 Å². The van der Waals surface area contributed by atoms with Crippen molar-refractivity contribution < 1.29 is 0 Å². The number of aromatic amines is 1. The lowest BCUT2D eigenvalue weighted by atomic mass is 9.98. The van der Waals surface area contributed by atoms with Crippen molar-refractivity contribution in [3.8, 4) is 45.0 Å². The third kappa shape index (κ3) is 3.87. The Balaban J connectivity index is 1.49. The molecule has 0 fully saturated rings. The van der Waals surface area contributed by atoms with Crippen LogP contribution >= 0.6 is 11.6 Å². The molecule has 0 aliphatic carbocycles. The molecule has 0 unspecified atom stereocenters. The van der Waals surface area contributed by atoms with E-state index in [1.165, 1.54) is 16.3 Å². The minimum absolute atomic E-state index is 0.702. The Bertz CT molecular complexity index is 1600. The van der Waals surface area contributed by atoms with E-state index in [1.807, 2.05) is 36.4 Å². The van der Waals surface area contributed by atoms with E-state index in [0.29, 0.717) is 5.02 Å². The summed E-state index contributed by atoms with van der Waals surface area (Å²) >= 11 is 6.10. The highest BCUT2D eigenvalue weighted by atomic mass is 35.5. The maximum atomic E-state index is 6.10. The van der Waals surface area contributed by atoms with Crippen LogP contribution in [-0.4, -0.2) is 15.0 Å². The smallest absolute Gasteiger partial charge is 0.138 e. The standard InChI is InChI=1S/C30H20ClN3/c31-27-12-10-22(11-13-27)30-33-28(21-14-16-32-17-15-21)29(34-30)26-7-3-6-24(19-26)25-9-8-20-4-1-2-5-23(20)18-25/h1-19H,(H,33,34). The predicted octanol–water partition coefficient (Wildman–Crippen LogP) is 8.28. The van der Waals surface area contributed by atoms with E-state index in [1.54, 1.807) is 12.4 Å². The van der Waals surface area contributed by atoms with E-state index in [-0.39, 0.29) is 0 Å². The molecule has 0 aliphatic heterocycles. The molecule has 0 aliphatic rings. The molecule has 34 heavy (non-hydrogen) atoms. The Morgan fingerprint density at radius 1 is 0.559 bits per heavy atom. The van der Waals surface area contributed by atoms with Gasteiger partial charge in [0.1, 0.15) is 5.82 Å². The summed E-state index contributed by atoms with van der Waals surface area (Å²) in [5.41, 5.74) is 7.26. The monoisotopic (exact) mass is 457 g/mol. The van der Waals surface area contributed by atoms with Gasteiger partial charge in [-0.05, 0) is 70.4 Å². The normalized spacial score (nSPS) is 11.1. The first-order valence-electron chi connectivity index (χ1n) is 11.1. The number of nitrogens with zero attached hydrogens (tertiary/aromatic N) is 2. The van der Waals surface area contributed by atoms with Crippen LogP contribution in [0.2, 0.25) is 5.02 Å². The highest BCUT2D eigenvalue weighted by molar-refractivity contribution is 6.30. The van der Waals surface area contributed by atoms with E-state index < -0.39 is 0 Å². The summed E-state index contributed by atoms with van der Waals surface area (Å²) in [5.74, 6) is 0.801. The second-order valence-corrected chi connectivity index (χ2v) is 8.63. The SMILES string of the molecule is Clc1ccc(-c2nc(-c3cccc(-c4ccc5ccccc5c4)c3)c(-c3ccncc3)[nH]2)cc1. The van der Waals surface area contributed by atoms with Crippen LogP contribution in [-0.2, 0) is 0 Å².